The highest BCUT2D eigenvalue weighted by molar-refractivity contribution is 8.26. The van der Waals surface area contributed by atoms with Crippen LogP contribution in [0.15, 0.2) is 89.8 Å². The van der Waals surface area contributed by atoms with Gasteiger partial charge >= 0.3 is 0 Å². The van der Waals surface area contributed by atoms with Gasteiger partial charge in [-0.2, -0.15) is 0 Å². The summed E-state index contributed by atoms with van der Waals surface area (Å²) >= 11 is 6.70. The zero-order valence-corrected chi connectivity index (χ0v) is 22.9. The minimum Gasteiger partial charge on any atom is -0.489 e. The molecule has 1 heterocycles. The number of nitrogens with one attached hydrogen (secondary N) is 2. The van der Waals surface area contributed by atoms with Gasteiger partial charge in [-0.3, -0.25) is 30.1 Å². The van der Waals surface area contributed by atoms with Crippen LogP contribution in [0.25, 0.3) is 6.08 Å². The van der Waals surface area contributed by atoms with Gasteiger partial charge in [-0.15, -0.1) is 0 Å². The number of hydrogen-bond acceptors (Lipinski definition) is 6. The molecule has 0 aliphatic carbocycles. The highest BCUT2D eigenvalue weighted by Crippen LogP contribution is 2.32. The number of rotatable bonds is 11. The second kappa shape index (κ2) is 14.3. The van der Waals surface area contributed by atoms with Gasteiger partial charge < -0.3 is 4.74 Å². The van der Waals surface area contributed by atoms with Crippen LogP contribution in [0.2, 0.25) is 0 Å². The van der Waals surface area contributed by atoms with Crippen molar-refractivity contribution in [1.29, 1.82) is 0 Å². The molecule has 3 aromatic rings. The fraction of sp³-hybridized carbons (Fsp3) is 0.200. The van der Waals surface area contributed by atoms with Crippen LogP contribution in [0.4, 0.5) is 0 Å². The van der Waals surface area contributed by atoms with Crippen molar-refractivity contribution >= 4 is 52.1 Å². The number of nitrogens with zero attached hydrogens (tertiary/aromatic N) is 1. The fourth-order valence-corrected chi connectivity index (χ4v) is 5.14. The van der Waals surface area contributed by atoms with Crippen LogP contribution < -0.4 is 15.6 Å². The SMILES string of the molecule is O=C(CCCCCN1C(=O)C(=Cc2ccccc2)SC1=S)NNC(=O)c1ccc(OCc2ccccc2)cc1. The Morgan fingerprint density at radius 1 is 0.872 bits per heavy atom. The highest BCUT2D eigenvalue weighted by atomic mass is 32.2. The predicted molar refractivity (Wildman–Crippen MR) is 158 cm³/mol. The Bertz CT molecular complexity index is 1330. The molecule has 1 fully saturated rings. The number of unbranched alkanes of at least 4 members (excludes halogenated alkanes) is 2. The number of ether oxygens (including phenoxy) is 1. The van der Waals surface area contributed by atoms with Crippen LogP contribution in [0.3, 0.4) is 0 Å². The van der Waals surface area contributed by atoms with E-state index in [0.717, 1.165) is 24.0 Å². The average molecular weight is 560 g/mol. The minimum atomic E-state index is -0.407. The fourth-order valence-electron chi connectivity index (χ4n) is 3.83. The summed E-state index contributed by atoms with van der Waals surface area (Å²) in [6.45, 7) is 0.953. The average Bonchev–Trinajstić information content (AvgIpc) is 3.23. The lowest BCUT2D eigenvalue weighted by Gasteiger charge is -2.14. The Balaban J connectivity index is 1.11. The van der Waals surface area contributed by atoms with E-state index >= 15 is 0 Å². The molecule has 4 rings (SSSR count). The van der Waals surface area contributed by atoms with Crippen LogP contribution in [-0.4, -0.2) is 33.5 Å². The zero-order valence-electron chi connectivity index (χ0n) is 21.3. The molecule has 0 atom stereocenters. The maximum Gasteiger partial charge on any atom is 0.269 e. The minimum absolute atomic E-state index is 0.0786. The predicted octanol–water partition coefficient (Wildman–Crippen LogP) is 5.49. The second-order valence-electron chi connectivity index (χ2n) is 8.86. The number of benzene rings is 3. The molecule has 39 heavy (non-hydrogen) atoms. The molecule has 0 bridgehead atoms. The van der Waals surface area contributed by atoms with Crippen molar-refractivity contribution in [2.24, 2.45) is 0 Å². The molecule has 1 aliphatic rings. The first-order chi connectivity index (χ1) is 19.0. The van der Waals surface area contributed by atoms with E-state index in [0.29, 0.717) is 40.1 Å². The molecule has 1 saturated heterocycles. The quantitative estimate of drug-likeness (QED) is 0.140. The molecule has 3 aromatic carbocycles. The normalized spacial score (nSPS) is 13.9. The Morgan fingerprint density at radius 2 is 1.56 bits per heavy atom. The van der Waals surface area contributed by atoms with Crippen LogP contribution in [0.1, 0.15) is 47.2 Å². The van der Waals surface area contributed by atoms with Crippen molar-refractivity contribution in [2.45, 2.75) is 32.3 Å². The van der Waals surface area contributed by atoms with Gasteiger partial charge in [0.25, 0.3) is 11.8 Å². The van der Waals surface area contributed by atoms with Crippen molar-refractivity contribution in [3.63, 3.8) is 0 Å². The standard InChI is InChI=1S/C30H29N3O4S2/c34-27(31-32-28(35)24-15-17-25(18-16-24)37-21-23-12-6-2-7-13-23)14-8-3-9-19-33-29(36)26(39-30(33)38)20-22-10-4-1-5-11-22/h1-2,4-7,10-13,15-18,20H,3,8-9,14,19,21H2,(H,31,34)(H,32,35). The van der Waals surface area contributed by atoms with Crippen molar-refractivity contribution in [3.8, 4) is 5.75 Å². The van der Waals surface area contributed by atoms with E-state index in [-0.39, 0.29) is 18.2 Å². The smallest absolute Gasteiger partial charge is 0.269 e. The molecule has 1 aliphatic heterocycles. The van der Waals surface area contributed by atoms with Crippen LogP contribution in [0, 0.1) is 0 Å². The van der Waals surface area contributed by atoms with E-state index in [1.54, 1.807) is 29.2 Å². The van der Waals surface area contributed by atoms with Gasteiger partial charge in [-0.05, 0) is 54.3 Å². The third-order valence-electron chi connectivity index (χ3n) is 5.94. The van der Waals surface area contributed by atoms with Gasteiger partial charge in [0, 0.05) is 18.5 Å². The number of thiocarbonyl (C=S) groups is 1. The molecular weight excluding hydrogens is 530 g/mol. The molecule has 0 unspecified atom stereocenters. The summed E-state index contributed by atoms with van der Waals surface area (Å²) in [4.78, 5) is 39.4. The maximum atomic E-state index is 12.7. The number of amides is 3. The summed E-state index contributed by atoms with van der Waals surface area (Å²) in [5.41, 5.74) is 7.31. The molecule has 2 N–H and O–H groups in total. The first-order valence-corrected chi connectivity index (χ1v) is 13.9. The molecule has 0 radical (unpaired) electrons. The van der Waals surface area contributed by atoms with Crippen LogP contribution in [0.5, 0.6) is 5.75 Å². The second-order valence-corrected chi connectivity index (χ2v) is 10.5. The van der Waals surface area contributed by atoms with Gasteiger partial charge in [-0.1, -0.05) is 91.1 Å². The van der Waals surface area contributed by atoms with Crippen LogP contribution in [-0.2, 0) is 16.2 Å². The molecule has 3 amide bonds. The van der Waals surface area contributed by atoms with E-state index in [4.69, 9.17) is 17.0 Å². The molecule has 0 spiro atoms. The van der Waals surface area contributed by atoms with Crippen LogP contribution >= 0.6 is 24.0 Å². The monoisotopic (exact) mass is 559 g/mol. The Labute approximate surface area is 237 Å². The molecule has 9 heteroatoms. The maximum absolute atomic E-state index is 12.7. The largest absolute Gasteiger partial charge is 0.489 e. The van der Waals surface area contributed by atoms with E-state index < -0.39 is 5.91 Å². The molecule has 7 nitrogen and oxygen atoms in total. The number of carbonyl (C=O) groups is 3. The number of thioether (sulfide) groups is 1. The number of hydrazine groups is 1. The molecule has 0 aromatic heterocycles. The lowest BCUT2D eigenvalue weighted by atomic mass is 10.2. The topological polar surface area (TPSA) is 87.7 Å². The zero-order chi connectivity index (χ0) is 27.5. The Morgan fingerprint density at radius 3 is 2.28 bits per heavy atom. The van der Waals surface area contributed by atoms with Gasteiger partial charge in [0.2, 0.25) is 5.91 Å². The van der Waals surface area contributed by atoms with Gasteiger partial charge in [0.1, 0.15) is 16.7 Å². The first kappa shape index (κ1) is 28.1. The van der Waals surface area contributed by atoms with Crippen molar-refractivity contribution in [2.75, 3.05) is 6.54 Å². The summed E-state index contributed by atoms with van der Waals surface area (Å²) in [6, 6.07) is 26.2. The summed E-state index contributed by atoms with van der Waals surface area (Å²) in [7, 11) is 0. The lowest BCUT2D eigenvalue weighted by Crippen LogP contribution is -2.41. The molecule has 200 valence electrons. The molecule has 0 saturated carbocycles. The van der Waals surface area contributed by atoms with Crippen molar-refractivity contribution in [3.05, 3.63) is 107 Å². The lowest BCUT2D eigenvalue weighted by molar-refractivity contribution is -0.123. The van der Waals surface area contributed by atoms with Crippen molar-refractivity contribution < 1.29 is 19.1 Å². The van der Waals surface area contributed by atoms with E-state index in [2.05, 4.69) is 10.9 Å². The van der Waals surface area contributed by atoms with Crippen molar-refractivity contribution in [1.82, 2.24) is 15.8 Å². The van der Waals surface area contributed by atoms with Gasteiger partial charge in [0.05, 0.1) is 4.91 Å². The third kappa shape index (κ3) is 8.53. The summed E-state index contributed by atoms with van der Waals surface area (Å²) in [5, 5.41) is 0. The van der Waals surface area contributed by atoms with E-state index in [1.165, 1.54) is 11.8 Å². The van der Waals surface area contributed by atoms with E-state index in [1.807, 2.05) is 66.7 Å². The summed E-state index contributed by atoms with van der Waals surface area (Å²) < 4.78 is 6.28. The molecular formula is C30H29N3O4S2. The summed E-state index contributed by atoms with van der Waals surface area (Å²) in [5.74, 6) is -0.110. The summed E-state index contributed by atoms with van der Waals surface area (Å²) in [6.07, 6.45) is 4.22. The number of carbonyl (C=O) groups excluding carboxylic acids is 3. The first-order valence-electron chi connectivity index (χ1n) is 12.7. The third-order valence-corrected chi connectivity index (χ3v) is 7.31. The highest BCUT2D eigenvalue weighted by Gasteiger charge is 2.31. The van der Waals surface area contributed by atoms with Gasteiger partial charge in [0.15, 0.2) is 0 Å². The van der Waals surface area contributed by atoms with Gasteiger partial charge in [-0.25, -0.2) is 0 Å². The van der Waals surface area contributed by atoms with E-state index in [9.17, 15) is 14.4 Å². The Kier molecular flexibility index (Phi) is 10.3. The number of hydrogen-bond donors (Lipinski definition) is 2. The Hall–Kier alpha value is -3.95.